The van der Waals surface area contributed by atoms with Gasteiger partial charge in [0, 0.05) is 13.2 Å². The molecule has 0 aromatic heterocycles. The van der Waals surface area contributed by atoms with E-state index in [-0.39, 0.29) is 24.5 Å². The maximum absolute atomic E-state index is 11.9. The molecule has 3 unspecified atom stereocenters. The number of rotatable bonds is 6. The molecule has 98 valence electrons. The number of carboxylic acid groups (broad SMARTS) is 1. The van der Waals surface area contributed by atoms with Crippen LogP contribution in [0, 0.1) is 11.8 Å². The van der Waals surface area contributed by atoms with Gasteiger partial charge in [-0.25, -0.2) is 0 Å². The van der Waals surface area contributed by atoms with Crippen LogP contribution in [0.4, 0.5) is 0 Å². The molecule has 1 saturated heterocycles. The van der Waals surface area contributed by atoms with E-state index >= 15 is 0 Å². The van der Waals surface area contributed by atoms with Crippen molar-refractivity contribution >= 4 is 11.9 Å². The lowest BCUT2D eigenvalue weighted by atomic mass is 9.98. The number of hydrogen-bond acceptors (Lipinski definition) is 3. The highest BCUT2D eigenvalue weighted by Crippen LogP contribution is 2.23. The van der Waals surface area contributed by atoms with Crippen LogP contribution < -0.4 is 5.32 Å². The van der Waals surface area contributed by atoms with E-state index in [1.807, 2.05) is 6.92 Å². The molecule has 5 heteroatoms. The molecule has 1 rings (SSSR count). The monoisotopic (exact) mass is 243 g/mol. The van der Waals surface area contributed by atoms with Gasteiger partial charge in [-0.15, -0.1) is 0 Å². The molecule has 17 heavy (non-hydrogen) atoms. The van der Waals surface area contributed by atoms with Crippen LogP contribution in [-0.4, -0.2) is 36.2 Å². The third kappa shape index (κ3) is 3.70. The van der Waals surface area contributed by atoms with Gasteiger partial charge in [-0.05, 0) is 19.3 Å². The van der Waals surface area contributed by atoms with Gasteiger partial charge in [0.15, 0.2) is 0 Å². The van der Waals surface area contributed by atoms with Crippen LogP contribution >= 0.6 is 0 Å². The molecule has 0 spiro atoms. The SMILES string of the molecule is CCC(CNC(=O)C1CCOC1CC)C(=O)O. The van der Waals surface area contributed by atoms with Gasteiger partial charge in [-0.2, -0.15) is 0 Å². The Bertz CT molecular complexity index is 280. The van der Waals surface area contributed by atoms with Crippen molar-refractivity contribution in [3.63, 3.8) is 0 Å². The second kappa shape index (κ2) is 6.59. The van der Waals surface area contributed by atoms with Crippen molar-refractivity contribution in [2.75, 3.05) is 13.2 Å². The minimum absolute atomic E-state index is 0.0140. The molecular weight excluding hydrogens is 222 g/mol. The minimum atomic E-state index is -0.859. The van der Waals surface area contributed by atoms with Gasteiger partial charge in [0.1, 0.15) is 0 Å². The minimum Gasteiger partial charge on any atom is -0.481 e. The van der Waals surface area contributed by atoms with Crippen molar-refractivity contribution in [3.05, 3.63) is 0 Å². The van der Waals surface area contributed by atoms with Crippen LogP contribution in [0.25, 0.3) is 0 Å². The Hall–Kier alpha value is -1.10. The Morgan fingerprint density at radius 3 is 2.71 bits per heavy atom. The van der Waals surface area contributed by atoms with Crippen LogP contribution in [0.2, 0.25) is 0 Å². The topological polar surface area (TPSA) is 75.6 Å². The van der Waals surface area contributed by atoms with E-state index in [0.29, 0.717) is 13.0 Å². The molecule has 0 aromatic rings. The number of hydrogen-bond donors (Lipinski definition) is 2. The molecule has 1 fully saturated rings. The van der Waals surface area contributed by atoms with E-state index in [0.717, 1.165) is 12.8 Å². The lowest BCUT2D eigenvalue weighted by molar-refractivity contribution is -0.141. The maximum Gasteiger partial charge on any atom is 0.308 e. The van der Waals surface area contributed by atoms with E-state index in [1.165, 1.54) is 0 Å². The third-order valence-corrected chi connectivity index (χ3v) is 3.31. The first-order valence-corrected chi connectivity index (χ1v) is 6.22. The van der Waals surface area contributed by atoms with Crippen LogP contribution in [0.5, 0.6) is 0 Å². The summed E-state index contributed by atoms with van der Waals surface area (Å²) in [7, 11) is 0. The lowest BCUT2D eigenvalue weighted by Gasteiger charge is -2.18. The molecule has 0 aliphatic carbocycles. The van der Waals surface area contributed by atoms with Crippen molar-refractivity contribution in [1.29, 1.82) is 0 Å². The van der Waals surface area contributed by atoms with Gasteiger partial charge < -0.3 is 15.2 Å². The highest BCUT2D eigenvalue weighted by atomic mass is 16.5. The summed E-state index contributed by atoms with van der Waals surface area (Å²) in [6.45, 7) is 4.62. The standard InChI is InChI=1S/C12H21NO4/c1-3-8(12(15)16)7-13-11(14)9-5-6-17-10(9)4-2/h8-10H,3-7H2,1-2H3,(H,13,14)(H,15,16). The van der Waals surface area contributed by atoms with Gasteiger partial charge in [-0.1, -0.05) is 13.8 Å². The number of carbonyl (C=O) groups excluding carboxylic acids is 1. The average molecular weight is 243 g/mol. The summed E-state index contributed by atoms with van der Waals surface area (Å²) in [4.78, 5) is 22.7. The Morgan fingerprint density at radius 1 is 1.47 bits per heavy atom. The first-order chi connectivity index (χ1) is 8.10. The predicted molar refractivity (Wildman–Crippen MR) is 62.6 cm³/mol. The molecule has 0 bridgehead atoms. The summed E-state index contributed by atoms with van der Waals surface area (Å²) in [5.74, 6) is -1.55. The van der Waals surface area contributed by atoms with Crippen LogP contribution in [0.15, 0.2) is 0 Å². The second-order valence-electron chi connectivity index (χ2n) is 4.40. The Labute approximate surface area is 102 Å². The first-order valence-electron chi connectivity index (χ1n) is 6.22. The molecular formula is C12H21NO4. The number of carbonyl (C=O) groups is 2. The summed E-state index contributed by atoms with van der Waals surface area (Å²) in [5, 5.41) is 11.6. The van der Waals surface area contributed by atoms with Gasteiger partial charge in [0.25, 0.3) is 0 Å². The zero-order valence-corrected chi connectivity index (χ0v) is 10.4. The molecule has 1 aliphatic heterocycles. The van der Waals surface area contributed by atoms with Crippen molar-refractivity contribution < 1.29 is 19.4 Å². The highest BCUT2D eigenvalue weighted by molar-refractivity contribution is 5.80. The fourth-order valence-corrected chi connectivity index (χ4v) is 2.11. The summed E-state index contributed by atoms with van der Waals surface area (Å²) in [5.41, 5.74) is 0. The van der Waals surface area contributed by atoms with Crippen molar-refractivity contribution in [2.45, 2.75) is 39.2 Å². The third-order valence-electron chi connectivity index (χ3n) is 3.31. The van der Waals surface area contributed by atoms with Crippen molar-refractivity contribution in [2.24, 2.45) is 11.8 Å². The fourth-order valence-electron chi connectivity index (χ4n) is 2.11. The van der Waals surface area contributed by atoms with E-state index in [9.17, 15) is 9.59 Å². The fraction of sp³-hybridized carbons (Fsp3) is 0.833. The lowest BCUT2D eigenvalue weighted by Crippen LogP contribution is -2.39. The van der Waals surface area contributed by atoms with Gasteiger partial charge in [0.2, 0.25) is 5.91 Å². The molecule has 2 N–H and O–H groups in total. The molecule has 1 heterocycles. The molecule has 3 atom stereocenters. The summed E-state index contributed by atoms with van der Waals surface area (Å²) in [6, 6.07) is 0. The van der Waals surface area contributed by atoms with Gasteiger partial charge in [-0.3, -0.25) is 9.59 Å². The second-order valence-corrected chi connectivity index (χ2v) is 4.40. The zero-order valence-electron chi connectivity index (χ0n) is 10.4. The number of ether oxygens (including phenoxy) is 1. The number of aliphatic carboxylic acids is 1. The average Bonchev–Trinajstić information content (AvgIpc) is 2.77. The van der Waals surface area contributed by atoms with Crippen LogP contribution in [-0.2, 0) is 14.3 Å². The Morgan fingerprint density at radius 2 is 2.18 bits per heavy atom. The molecule has 0 saturated carbocycles. The van der Waals surface area contributed by atoms with Gasteiger partial charge >= 0.3 is 5.97 Å². The highest BCUT2D eigenvalue weighted by Gasteiger charge is 2.33. The maximum atomic E-state index is 11.9. The van der Waals surface area contributed by atoms with E-state index in [1.54, 1.807) is 6.92 Å². The smallest absolute Gasteiger partial charge is 0.308 e. The van der Waals surface area contributed by atoms with E-state index in [2.05, 4.69) is 5.32 Å². The van der Waals surface area contributed by atoms with E-state index in [4.69, 9.17) is 9.84 Å². The summed E-state index contributed by atoms with van der Waals surface area (Å²) in [6.07, 6.45) is 2.05. The molecule has 0 aromatic carbocycles. The van der Waals surface area contributed by atoms with Crippen LogP contribution in [0.1, 0.15) is 33.1 Å². The van der Waals surface area contributed by atoms with Crippen LogP contribution in [0.3, 0.4) is 0 Å². The molecule has 5 nitrogen and oxygen atoms in total. The molecule has 0 radical (unpaired) electrons. The van der Waals surface area contributed by atoms with Gasteiger partial charge in [0.05, 0.1) is 17.9 Å². The zero-order chi connectivity index (χ0) is 12.8. The molecule has 1 amide bonds. The normalized spacial score (nSPS) is 25.5. The number of carboxylic acids is 1. The van der Waals surface area contributed by atoms with Crippen molar-refractivity contribution in [3.8, 4) is 0 Å². The summed E-state index contributed by atoms with van der Waals surface area (Å²) >= 11 is 0. The van der Waals surface area contributed by atoms with E-state index < -0.39 is 11.9 Å². The summed E-state index contributed by atoms with van der Waals surface area (Å²) < 4.78 is 5.44. The molecule has 1 aliphatic rings. The number of amides is 1. The predicted octanol–water partition coefficient (Wildman–Crippen LogP) is 1.03. The Kier molecular flexibility index (Phi) is 5.41. The number of nitrogens with one attached hydrogen (secondary N) is 1. The first kappa shape index (κ1) is 14.0. The quantitative estimate of drug-likeness (QED) is 0.730. The van der Waals surface area contributed by atoms with Crippen molar-refractivity contribution in [1.82, 2.24) is 5.32 Å². The largest absolute Gasteiger partial charge is 0.481 e. The Balaban J connectivity index is 2.41.